The molecule has 2 aliphatic rings. The lowest BCUT2D eigenvalue weighted by atomic mass is 9.69. The molecule has 5 nitrogen and oxygen atoms in total. The number of likely N-dealkylation sites (tertiary alicyclic amines) is 1. The summed E-state index contributed by atoms with van der Waals surface area (Å²) in [5.41, 5.74) is 2.52. The van der Waals surface area contributed by atoms with Gasteiger partial charge >= 0.3 is 5.97 Å². The molecule has 2 atom stereocenters. The lowest BCUT2D eigenvalue weighted by Crippen LogP contribution is -2.47. The first-order valence-corrected chi connectivity index (χ1v) is 11.3. The fourth-order valence-electron chi connectivity index (χ4n) is 5.08. The van der Waals surface area contributed by atoms with Gasteiger partial charge in [0.1, 0.15) is 11.5 Å². The van der Waals surface area contributed by atoms with Crippen LogP contribution in [0.4, 0.5) is 0 Å². The molecule has 0 aromatic heterocycles. The van der Waals surface area contributed by atoms with Gasteiger partial charge in [-0.1, -0.05) is 24.3 Å². The van der Waals surface area contributed by atoms with Crippen molar-refractivity contribution in [3.63, 3.8) is 0 Å². The van der Waals surface area contributed by atoms with Crippen LogP contribution < -0.4 is 9.47 Å². The zero-order chi connectivity index (χ0) is 21.8. The van der Waals surface area contributed by atoms with Gasteiger partial charge in [-0.15, -0.1) is 0 Å². The molecule has 1 saturated heterocycles. The minimum atomic E-state index is -0.0922. The first-order valence-electron chi connectivity index (χ1n) is 11.3. The molecule has 0 N–H and O–H groups in total. The average Bonchev–Trinajstić information content (AvgIpc) is 3.58. The van der Waals surface area contributed by atoms with Gasteiger partial charge in [0.15, 0.2) is 0 Å². The van der Waals surface area contributed by atoms with Gasteiger partial charge in [-0.2, -0.15) is 0 Å². The highest BCUT2D eigenvalue weighted by Crippen LogP contribution is 2.44. The minimum absolute atomic E-state index is 0.0268. The molecular formula is C26H33NO4. The fraction of sp³-hybridized carbons (Fsp3) is 0.500. The molecular weight excluding hydrogens is 390 g/mol. The predicted octanol–water partition coefficient (Wildman–Crippen LogP) is 4.28. The number of benzene rings is 2. The standard InChI is InChI=1S/C26H33NO4/c1-4-31-25(28)24-16-19(24)17-27-15-5-14-26(18-27,20-6-10-22(29-2)11-7-20)21-8-12-23(30-3)13-9-21/h6-13,19,24H,4-5,14-18H2,1-3H3. The van der Waals surface area contributed by atoms with Gasteiger partial charge < -0.3 is 19.1 Å². The van der Waals surface area contributed by atoms with Crippen molar-refractivity contribution in [1.29, 1.82) is 0 Å². The third kappa shape index (κ3) is 4.57. The van der Waals surface area contributed by atoms with Crippen molar-refractivity contribution >= 4 is 5.97 Å². The zero-order valence-corrected chi connectivity index (χ0v) is 18.8. The van der Waals surface area contributed by atoms with Crippen molar-refractivity contribution in [3.05, 3.63) is 59.7 Å². The number of carbonyl (C=O) groups excluding carboxylic acids is 1. The molecule has 0 radical (unpaired) electrons. The van der Waals surface area contributed by atoms with Crippen molar-refractivity contribution in [3.8, 4) is 11.5 Å². The maximum absolute atomic E-state index is 12.1. The molecule has 5 heteroatoms. The molecule has 0 spiro atoms. The second-order valence-corrected chi connectivity index (χ2v) is 8.73. The Balaban J connectivity index is 1.58. The van der Waals surface area contributed by atoms with Crippen LogP contribution in [0.15, 0.2) is 48.5 Å². The molecule has 1 aliphatic heterocycles. The highest BCUT2D eigenvalue weighted by Gasteiger charge is 2.47. The van der Waals surface area contributed by atoms with Gasteiger partial charge in [-0.05, 0) is 74.0 Å². The van der Waals surface area contributed by atoms with Gasteiger partial charge in [-0.25, -0.2) is 0 Å². The van der Waals surface area contributed by atoms with E-state index < -0.39 is 0 Å². The van der Waals surface area contributed by atoms with E-state index in [9.17, 15) is 4.79 Å². The summed E-state index contributed by atoms with van der Waals surface area (Å²) in [6, 6.07) is 17.0. The van der Waals surface area contributed by atoms with Crippen LogP contribution in [0.5, 0.6) is 11.5 Å². The summed E-state index contributed by atoms with van der Waals surface area (Å²) in [5, 5.41) is 0. The topological polar surface area (TPSA) is 48.0 Å². The quantitative estimate of drug-likeness (QED) is 0.593. The molecule has 1 aliphatic carbocycles. The smallest absolute Gasteiger partial charge is 0.309 e. The van der Waals surface area contributed by atoms with Crippen molar-refractivity contribution in [2.24, 2.45) is 11.8 Å². The summed E-state index contributed by atoms with van der Waals surface area (Å²) >= 11 is 0. The molecule has 2 aromatic rings. The number of hydrogen-bond acceptors (Lipinski definition) is 5. The number of rotatable bonds is 8. The number of ether oxygens (including phenoxy) is 3. The third-order valence-corrected chi connectivity index (χ3v) is 6.86. The van der Waals surface area contributed by atoms with E-state index in [1.165, 1.54) is 11.1 Å². The zero-order valence-electron chi connectivity index (χ0n) is 18.8. The molecule has 2 unspecified atom stereocenters. The molecule has 4 rings (SSSR count). The van der Waals surface area contributed by atoms with Crippen molar-refractivity contribution < 1.29 is 19.0 Å². The largest absolute Gasteiger partial charge is 0.497 e. The van der Waals surface area contributed by atoms with E-state index in [0.717, 1.165) is 50.4 Å². The van der Waals surface area contributed by atoms with Gasteiger partial charge in [0.2, 0.25) is 0 Å². The Hall–Kier alpha value is -2.53. The van der Waals surface area contributed by atoms with Gasteiger partial charge in [0, 0.05) is 18.5 Å². The average molecular weight is 424 g/mol. The molecule has 0 bridgehead atoms. The van der Waals surface area contributed by atoms with E-state index in [-0.39, 0.29) is 17.3 Å². The van der Waals surface area contributed by atoms with Crippen molar-refractivity contribution in [2.75, 3.05) is 40.5 Å². The fourth-order valence-corrected chi connectivity index (χ4v) is 5.08. The van der Waals surface area contributed by atoms with E-state index >= 15 is 0 Å². The van der Waals surface area contributed by atoms with Gasteiger partial charge in [0.05, 0.1) is 26.7 Å². The monoisotopic (exact) mass is 423 g/mol. The predicted molar refractivity (Wildman–Crippen MR) is 121 cm³/mol. The number of piperidine rings is 1. The first-order chi connectivity index (χ1) is 15.1. The van der Waals surface area contributed by atoms with Crippen LogP contribution in [-0.2, 0) is 14.9 Å². The molecule has 2 fully saturated rings. The van der Waals surface area contributed by atoms with Crippen molar-refractivity contribution in [2.45, 2.75) is 31.6 Å². The Morgan fingerprint density at radius 2 is 1.58 bits per heavy atom. The summed E-state index contributed by atoms with van der Waals surface area (Å²) in [6.45, 7) is 5.30. The number of methoxy groups -OCH3 is 2. The Labute approximate surface area is 185 Å². The van der Waals surface area contributed by atoms with Gasteiger partial charge in [0.25, 0.3) is 0 Å². The van der Waals surface area contributed by atoms with E-state index in [1.54, 1.807) is 14.2 Å². The van der Waals surface area contributed by atoms with Crippen molar-refractivity contribution in [1.82, 2.24) is 4.90 Å². The summed E-state index contributed by atoms with van der Waals surface area (Å²) in [7, 11) is 3.40. The maximum atomic E-state index is 12.1. The number of esters is 1. The normalized spacial score (nSPS) is 22.5. The molecule has 1 heterocycles. The van der Waals surface area contributed by atoms with E-state index in [1.807, 2.05) is 6.92 Å². The third-order valence-electron chi connectivity index (χ3n) is 6.86. The van der Waals surface area contributed by atoms with Crippen LogP contribution >= 0.6 is 0 Å². The van der Waals surface area contributed by atoms with E-state index in [4.69, 9.17) is 14.2 Å². The lowest BCUT2D eigenvalue weighted by molar-refractivity contribution is -0.145. The highest BCUT2D eigenvalue weighted by molar-refractivity contribution is 5.75. The van der Waals surface area contributed by atoms with Crippen LogP contribution in [0.1, 0.15) is 37.3 Å². The molecule has 1 saturated carbocycles. The van der Waals surface area contributed by atoms with Gasteiger partial charge in [-0.3, -0.25) is 4.79 Å². The number of carbonyl (C=O) groups is 1. The van der Waals surface area contributed by atoms with Crippen LogP contribution in [0, 0.1) is 11.8 Å². The van der Waals surface area contributed by atoms with Crippen LogP contribution in [0.3, 0.4) is 0 Å². The Bertz CT molecular complexity index is 830. The Kier molecular flexibility index (Phi) is 6.51. The molecule has 0 amide bonds. The lowest BCUT2D eigenvalue weighted by Gasteiger charge is -2.44. The second-order valence-electron chi connectivity index (χ2n) is 8.73. The second kappa shape index (κ2) is 9.31. The SMILES string of the molecule is CCOC(=O)C1CC1CN1CCCC(c2ccc(OC)cc2)(c2ccc(OC)cc2)C1. The van der Waals surface area contributed by atoms with Crippen LogP contribution in [-0.4, -0.2) is 51.3 Å². The first kappa shape index (κ1) is 21.7. The molecule has 166 valence electrons. The maximum Gasteiger partial charge on any atom is 0.309 e. The highest BCUT2D eigenvalue weighted by atomic mass is 16.5. The summed E-state index contributed by atoms with van der Waals surface area (Å²) in [5.74, 6) is 2.22. The van der Waals surface area contributed by atoms with Crippen LogP contribution in [0.2, 0.25) is 0 Å². The molecule has 2 aromatic carbocycles. The Morgan fingerprint density at radius 3 is 2.10 bits per heavy atom. The number of hydrogen-bond donors (Lipinski definition) is 0. The number of nitrogens with zero attached hydrogens (tertiary/aromatic N) is 1. The summed E-state index contributed by atoms with van der Waals surface area (Å²) < 4.78 is 16.0. The summed E-state index contributed by atoms with van der Waals surface area (Å²) in [4.78, 5) is 14.6. The summed E-state index contributed by atoms with van der Waals surface area (Å²) in [6.07, 6.45) is 3.16. The Morgan fingerprint density at radius 1 is 1.00 bits per heavy atom. The van der Waals surface area contributed by atoms with E-state index in [2.05, 4.69) is 53.4 Å². The van der Waals surface area contributed by atoms with E-state index in [0.29, 0.717) is 12.5 Å². The molecule has 31 heavy (non-hydrogen) atoms. The van der Waals surface area contributed by atoms with Crippen LogP contribution in [0.25, 0.3) is 0 Å². The minimum Gasteiger partial charge on any atom is -0.497 e.